The minimum atomic E-state index is -3.93. The minimum Gasteiger partial charge on any atom is -0.691 e. The van der Waals surface area contributed by atoms with Gasteiger partial charge in [0.2, 0.25) is 0 Å². The summed E-state index contributed by atoms with van der Waals surface area (Å²) in [4.78, 5) is 11.1. The van der Waals surface area contributed by atoms with Crippen LogP contribution in [-0.2, 0) is 18.9 Å². The van der Waals surface area contributed by atoms with E-state index in [9.17, 15) is 18.8 Å². The molecule has 3 unspecified atom stereocenters. The summed E-state index contributed by atoms with van der Waals surface area (Å²) in [7, 11) is 0. The lowest BCUT2D eigenvalue weighted by molar-refractivity contribution is -0.777. The van der Waals surface area contributed by atoms with Crippen LogP contribution in [0.1, 0.15) is 25.7 Å². The Bertz CT molecular complexity index is 315. The summed E-state index contributed by atoms with van der Waals surface area (Å²) in [6.45, 7) is 0.00832. The minimum absolute atomic E-state index is 0.00832. The second-order valence-corrected chi connectivity index (χ2v) is 5.59. The zero-order valence-electron chi connectivity index (χ0n) is 9.47. The number of fused-ring (bicyclic) bond motifs is 2. The Morgan fingerprint density at radius 2 is 2.17 bits per heavy atom. The maximum atomic E-state index is 13.0. The van der Waals surface area contributed by atoms with E-state index >= 15 is 0 Å². The van der Waals surface area contributed by atoms with Gasteiger partial charge in [-0.05, 0) is 37.0 Å². The van der Waals surface area contributed by atoms with Crippen LogP contribution in [0, 0.1) is 17.8 Å². The lowest BCUT2D eigenvalue weighted by Crippen LogP contribution is -2.30. The van der Waals surface area contributed by atoms with Crippen molar-refractivity contribution in [2.24, 2.45) is 17.8 Å². The largest absolute Gasteiger partial charge is 0.691 e. The molecule has 2 saturated carbocycles. The van der Waals surface area contributed by atoms with Gasteiger partial charge in [0, 0.05) is 0 Å². The first-order valence-electron chi connectivity index (χ1n) is 5.72. The molecule has 0 aliphatic heterocycles. The first kappa shape index (κ1) is 14.0. The molecule has 0 N–H and O–H groups in total. The molecular weight excluding hydrogens is 270 g/mol. The van der Waals surface area contributed by atoms with Crippen molar-refractivity contribution in [1.29, 1.82) is 0 Å². The standard InChI is InChI=1S/C10H14F2O5S/c11-10(12,18-17-16-14)9(13)15-5-8-4-6-1-2-7(8)3-6/h6-8,14H,1-5H2/p-1. The van der Waals surface area contributed by atoms with Gasteiger partial charge in [-0.15, -0.1) is 0 Å². The monoisotopic (exact) mass is 283 g/mol. The van der Waals surface area contributed by atoms with Crippen LogP contribution < -0.4 is 5.26 Å². The lowest BCUT2D eigenvalue weighted by atomic mass is 9.90. The highest BCUT2D eigenvalue weighted by molar-refractivity contribution is 7.96. The molecule has 3 atom stereocenters. The summed E-state index contributed by atoms with van der Waals surface area (Å²) in [6, 6.07) is 0. The topological polar surface area (TPSA) is 67.8 Å². The van der Waals surface area contributed by atoms with Gasteiger partial charge < -0.3 is 9.99 Å². The Kier molecular flexibility index (Phi) is 4.41. The number of hydrogen-bond acceptors (Lipinski definition) is 6. The van der Waals surface area contributed by atoms with Crippen LogP contribution >= 0.6 is 12.0 Å². The molecule has 0 radical (unpaired) electrons. The zero-order valence-corrected chi connectivity index (χ0v) is 10.3. The van der Waals surface area contributed by atoms with Gasteiger partial charge >= 0.3 is 11.2 Å². The Labute approximate surface area is 107 Å². The Balaban J connectivity index is 1.74. The number of halogens is 2. The van der Waals surface area contributed by atoms with Crippen molar-refractivity contribution < 1.29 is 32.9 Å². The highest BCUT2D eigenvalue weighted by atomic mass is 32.2. The average molecular weight is 283 g/mol. The zero-order chi connectivity index (χ0) is 13.2. The molecule has 0 spiro atoms. The number of esters is 1. The van der Waals surface area contributed by atoms with E-state index in [1.807, 2.05) is 0 Å². The molecule has 0 amide bonds. The van der Waals surface area contributed by atoms with E-state index in [1.165, 1.54) is 6.42 Å². The fourth-order valence-corrected chi connectivity index (χ4v) is 3.18. The molecule has 5 nitrogen and oxygen atoms in total. The second kappa shape index (κ2) is 5.68. The average Bonchev–Trinajstić information content (AvgIpc) is 2.95. The molecule has 0 aromatic rings. The first-order chi connectivity index (χ1) is 8.53. The second-order valence-electron chi connectivity index (χ2n) is 4.77. The summed E-state index contributed by atoms with van der Waals surface area (Å²) in [5, 5.41) is 8.27. The number of ether oxygens (including phenoxy) is 1. The van der Waals surface area contributed by atoms with Crippen LogP contribution in [0.15, 0.2) is 0 Å². The fourth-order valence-electron chi connectivity index (χ4n) is 2.94. The predicted molar refractivity (Wildman–Crippen MR) is 54.6 cm³/mol. The Morgan fingerprint density at radius 3 is 2.72 bits per heavy atom. The van der Waals surface area contributed by atoms with Crippen LogP contribution in [0.2, 0.25) is 0 Å². The van der Waals surface area contributed by atoms with Gasteiger partial charge in [-0.2, -0.15) is 13.1 Å². The molecule has 8 heteroatoms. The van der Waals surface area contributed by atoms with Crippen LogP contribution in [0.25, 0.3) is 0 Å². The van der Waals surface area contributed by atoms with E-state index in [1.54, 1.807) is 0 Å². The fraction of sp³-hybridized carbons (Fsp3) is 0.900. The molecule has 2 bridgehead atoms. The molecule has 0 aromatic heterocycles. The molecule has 0 aromatic carbocycles. The van der Waals surface area contributed by atoms with E-state index in [2.05, 4.69) is 14.1 Å². The van der Waals surface area contributed by atoms with Gasteiger partial charge in [0.25, 0.3) is 0 Å². The quantitative estimate of drug-likeness (QED) is 0.318. The predicted octanol–water partition coefficient (Wildman–Crippen LogP) is 1.43. The van der Waals surface area contributed by atoms with Crippen molar-refractivity contribution in [3.63, 3.8) is 0 Å². The molecule has 2 aliphatic carbocycles. The van der Waals surface area contributed by atoms with Crippen molar-refractivity contribution in [1.82, 2.24) is 0 Å². The van der Waals surface area contributed by atoms with E-state index in [0.29, 0.717) is 11.8 Å². The molecule has 2 rings (SSSR count). The van der Waals surface area contributed by atoms with E-state index in [4.69, 9.17) is 0 Å². The van der Waals surface area contributed by atoms with Crippen LogP contribution in [0.5, 0.6) is 0 Å². The molecule has 2 fully saturated rings. The number of alkyl halides is 2. The van der Waals surface area contributed by atoms with Crippen LogP contribution in [0.3, 0.4) is 0 Å². The summed E-state index contributed by atoms with van der Waals surface area (Å²) >= 11 is -0.658. The third-order valence-electron chi connectivity index (χ3n) is 3.72. The van der Waals surface area contributed by atoms with E-state index in [-0.39, 0.29) is 12.5 Å². The molecular formula is C10H13F2O5S-. The van der Waals surface area contributed by atoms with E-state index < -0.39 is 23.3 Å². The van der Waals surface area contributed by atoms with Crippen molar-refractivity contribution in [2.45, 2.75) is 30.9 Å². The summed E-state index contributed by atoms with van der Waals surface area (Å²) in [5.41, 5.74) is 0. The van der Waals surface area contributed by atoms with Crippen LogP contribution in [0.4, 0.5) is 8.78 Å². The maximum absolute atomic E-state index is 13.0. The molecule has 0 saturated heterocycles. The van der Waals surface area contributed by atoms with Gasteiger partial charge in [0.1, 0.15) is 12.0 Å². The third kappa shape index (κ3) is 3.11. The van der Waals surface area contributed by atoms with E-state index in [0.717, 1.165) is 19.3 Å². The number of carbonyl (C=O) groups excluding carboxylic acids is 1. The van der Waals surface area contributed by atoms with Crippen molar-refractivity contribution >= 4 is 18.0 Å². The lowest BCUT2D eigenvalue weighted by Gasteiger charge is -2.22. The molecule has 0 heterocycles. The van der Waals surface area contributed by atoms with Gasteiger partial charge in [-0.1, -0.05) is 6.42 Å². The highest BCUT2D eigenvalue weighted by Gasteiger charge is 2.45. The van der Waals surface area contributed by atoms with Crippen molar-refractivity contribution in [3.05, 3.63) is 0 Å². The molecule has 18 heavy (non-hydrogen) atoms. The molecule has 104 valence electrons. The number of hydrogen-bond donors (Lipinski definition) is 0. The smallest absolute Gasteiger partial charge is 0.415 e. The van der Waals surface area contributed by atoms with Crippen molar-refractivity contribution in [3.8, 4) is 0 Å². The SMILES string of the molecule is O=C(OCC1CC2CCC1C2)C(F)(F)SOO[O-]. The summed E-state index contributed by atoms with van der Waals surface area (Å²) in [5.74, 6) is -0.367. The van der Waals surface area contributed by atoms with Crippen molar-refractivity contribution in [2.75, 3.05) is 6.61 Å². The maximum Gasteiger partial charge on any atom is 0.415 e. The Morgan fingerprint density at radius 1 is 1.39 bits per heavy atom. The summed E-state index contributed by atoms with van der Waals surface area (Å²) < 4.78 is 34.1. The molecule has 2 aliphatic rings. The van der Waals surface area contributed by atoms with Gasteiger partial charge in [0.05, 0.1) is 6.61 Å². The third-order valence-corrected chi connectivity index (χ3v) is 4.22. The first-order valence-corrected chi connectivity index (χ1v) is 6.46. The van der Waals surface area contributed by atoms with Gasteiger partial charge in [-0.3, -0.25) is 5.04 Å². The highest BCUT2D eigenvalue weighted by Crippen LogP contribution is 2.48. The van der Waals surface area contributed by atoms with Gasteiger partial charge in [-0.25, -0.2) is 4.79 Å². The Hall–Kier alpha value is -0.440. The normalized spacial score (nSPS) is 30.7. The van der Waals surface area contributed by atoms with Gasteiger partial charge in [0.15, 0.2) is 0 Å². The van der Waals surface area contributed by atoms with Crippen LogP contribution in [-0.4, -0.2) is 17.8 Å². The number of carbonyl (C=O) groups is 1. The number of rotatable bonds is 6. The summed E-state index contributed by atoms with van der Waals surface area (Å²) in [6.07, 6.45) is 4.33.